The summed E-state index contributed by atoms with van der Waals surface area (Å²) in [6, 6.07) is 0. The molecule has 0 rings (SSSR count). The van der Waals surface area contributed by atoms with Crippen LogP contribution in [0, 0.1) is 0 Å². The van der Waals surface area contributed by atoms with Crippen LogP contribution in [0.15, 0.2) is 0 Å². The minimum atomic E-state index is 0. The Morgan fingerprint density at radius 3 is 0.176 bits per heavy atom. The minimum absolute atomic E-state index is 0. The molecule has 0 aromatic carbocycles. The van der Waals surface area contributed by atoms with Crippen LogP contribution in [-0.2, 0) is 150 Å². The van der Waals surface area contributed by atoms with Crippen LogP contribution in [-0.4, -0.2) is 0 Å². The van der Waals surface area contributed by atoms with Crippen LogP contribution in [0.4, 0.5) is 0 Å². The molecule has 0 aliphatic carbocycles. The van der Waals surface area contributed by atoms with Crippen molar-refractivity contribution in [1.29, 1.82) is 0 Å². The van der Waals surface area contributed by atoms with Crippen LogP contribution in [0.25, 0.3) is 0 Å². The molecule has 0 saturated carbocycles. The zero-order valence-corrected chi connectivity index (χ0v) is 29.6. The SMILES string of the molecule is [Cs+].[Cs+].[Nb+5].[Nb+5].[Nb+5].[Nb+5].[O-2].[O-2].[O-2].[O-2].[O-2].[O-2].[O-2].[O-2].[O-2].[O-2].[O-2]. The topological polar surface area (TPSA) is 314 Å². The Balaban J connectivity index is 0. The van der Waals surface area contributed by atoms with Gasteiger partial charge in [0.2, 0.25) is 0 Å². The van der Waals surface area contributed by atoms with Gasteiger partial charge in [-0.05, 0) is 0 Å². The minimum Gasteiger partial charge on any atom is -2.00 e. The third-order valence-corrected chi connectivity index (χ3v) is 0. The fourth-order valence-electron chi connectivity index (χ4n) is 0. The monoisotopic (exact) mass is 813 g/mol. The molecule has 0 heterocycles. The van der Waals surface area contributed by atoms with Crippen molar-refractivity contribution in [1.82, 2.24) is 0 Å². The van der Waals surface area contributed by atoms with Gasteiger partial charge in [0.15, 0.2) is 0 Å². The van der Waals surface area contributed by atoms with Crippen molar-refractivity contribution in [2.45, 2.75) is 0 Å². The third kappa shape index (κ3) is 219. The number of hydrogen-bond donors (Lipinski definition) is 0. The van der Waals surface area contributed by atoms with E-state index >= 15 is 0 Å². The fraction of sp³-hybridized carbons (Fsp3) is 0. The summed E-state index contributed by atoms with van der Waals surface area (Å²) < 4.78 is 0. The zero-order valence-electron chi connectivity index (χ0n) is 8.28. The average Bonchev–Trinajstić information content (AvgIpc) is 0. The first-order valence-electron chi connectivity index (χ1n) is 0. The molecule has 17 heteroatoms. The molecular weight excluding hydrogens is 813 g/mol. The first-order chi connectivity index (χ1) is 0. The summed E-state index contributed by atoms with van der Waals surface area (Å²) in [5.74, 6) is 0. The van der Waals surface area contributed by atoms with Gasteiger partial charge < -0.3 is 60.2 Å². The maximum absolute atomic E-state index is 0. The van der Waals surface area contributed by atoms with E-state index in [4.69, 9.17) is 0 Å². The van der Waals surface area contributed by atoms with E-state index < -0.39 is 0 Å². The van der Waals surface area contributed by atoms with Gasteiger partial charge >= 0.3 is 227 Å². The summed E-state index contributed by atoms with van der Waals surface area (Å²) in [6.07, 6.45) is 0. The predicted molar refractivity (Wildman–Crippen MR) is 7.55 cm³/mol. The summed E-state index contributed by atoms with van der Waals surface area (Å²) in [4.78, 5) is 0. The van der Waals surface area contributed by atoms with E-state index in [9.17, 15) is 0 Å². The molecule has 0 atom stereocenters. The molecule has 0 N–H and O–H groups in total. The van der Waals surface area contributed by atoms with Crippen LogP contribution in [0.5, 0.6) is 0 Å². The summed E-state index contributed by atoms with van der Waals surface area (Å²) in [7, 11) is 0. The van der Waals surface area contributed by atoms with Crippen molar-refractivity contribution in [3.8, 4) is 0 Å². The Morgan fingerprint density at radius 2 is 0.176 bits per heavy atom. The van der Waals surface area contributed by atoms with E-state index in [-0.39, 0.29) is 288 Å². The van der Waals surface area contributed by atoms with Crippen molar-refractivity contribution in [3.63, 3.8) is 0 Å². The van der Waals surface area contributed by atoms with Gasteiger partial charge in [-0.3, -0.25) is 0 Å². The molecule has 11 nitrogen and oxygen atoms in total. The summed E-state index contributed by atoms with van der Waals surface area (Å²) in [5, 5.41) is 0. The molecule has 17 heavy (non-hydrogen) atoms. The molecule has 0 aliphatic rings. The van der Waals surface area contributed by atoms with E-state index in [1.807, 2.05) is 0 Å². The summed E-state index contributed by atoms with van der Waals surface area (Å²) in [5.41, 5.74) is 0. The van der Waals surface area contributed by atoms with Gasteiger partial charge in [-0.1, -0.05) is 0 Å². The second kappa shape index (κ2) is 241. The summed E-state index contributed by atoms with van der Waals surface area (Å²) in [6.45, 7) is 0. The third-order valence-electron chi connectivity index (χ3n) is 0. The maximum Gasteiger partial charge on any atom is 5.00 e. The van der Waals surface area contributed by atoms with E-state index in [2.05, 4.69) is 0 Å². The molecule has 0 spiro atoms. The first-order valence-corrected chi connectivity index (χ1v) is 0. The Morgan fingerprint density at radius 1 is 0.176 bits per heavy atom. The average molecular weight is 813 g/mol. The Hall–Kier alpha value is 6.62. The molecule has 0 aromatic rings. The normalized spacial score (nSPS) is 0. The van der Waals surface area contributed by atoms with Crippen molar-refractivity contribution >= 4 is 0 Å². The molecule has 0 bridgehead atoms. The van der Waals surface area contributed by atoms with E-state index in [0.717, 1.165) is 0 Å². The van der Waals surface area contributed by atoms with Gasteiger partial charge in [-0.25, -0.2) is 0 Å². The molecular formula is Cs2Nb4O11. The van der Waals surface area contributed by atoms with E-state index in [1.54, 1.807) is 0 Å². The second-order valence-electron chi connectivity index (χ2n) is 0. The molecule has 88 valence electrons. The zero-order chi connectivity index (χ0) is 0. The molecule has 0 aliphatic heterocycles. The molecule has 0 radical (unpaired) electrons. The van der Waals surface area contributed by atoms with Crippen molar-refractivity contribution < 1.29 is 288 Å². The fourth-order valence-corrected chi connectivity index (χ4v) is 0. The molecule has 0 unspecified atom stereocenters. The molecule has 0 fully saturated rings. The number of hydrogen-bond acceptors (Lipinski definition) is 0. The number of rotatable bonds is 0. The molecule has 0 amide bonds. The van der Waals surface area contributed by atoms with Crippen molar-refractivity contribution in [2.24, 2.45) is 0 Å². The van der Waals surface area contributed by atoms with Crippen LogP contribution in [0.2, 0.25) is 0 Å². The Labute approximate surface area is 279 Å². The first kappa shape index (κ1) is 276. The predicted octanol–water partition coefficient (Wildman–Crippen LogP) is -7.31. The quantitative estimate of drug-likeness (QED) is 0.206. The maximum atomic E-state index is 0. The van der Waals surface area contributed by atoms with Gasteiger partial charge in [0.25, 0.3) is 0 Å². The van der Waals surface area contributed by atoms with E-state index in [1.165, 1.54) is 0 Å². The second-order valence-corrected chi connectivity index (χ2v) is 0. The van der Waals surface area contributed by atoms with E-state index in [0.29, 0.717) is 0 Å². The van der Waals surface area contributed by atoms with Gasteiger partial charge in [0.1, 0.15) is 0 Å². The van der Waals surface area contributed by atoms with Crippen molar-refractivity contribution in [3.05, 3.63) is 0 Å². The summed E-state index contributed by atoms with van der Waals surface area (Å²) >= 11 is 0. The van der Waals surface area contributed by atoms with Crippen LogP contribution in [0.1, 0.15) is 0 Å². The smallest absolute Gasteiger partial charge is 2.00 e. The molecule has 0 saturated heterocycles. The van der Waals surface area contributed by atoms with Crippen LogP contribution < -0.4 is 138 Å². The van der Waals surface area contributed by atoms with Gasteiger partial charge in [-0.15, -0.1) is 0 Å². The molecule has 0 aromatic heterocycles. The van der Waals surface area contributed by atoms with Crippen LogP contribution >= 0.6 is 0 Å². The Kier molecular flexibility index (Phi) is 3910. The van der Waals surface area contributed by atoms with Gasteiger partial charge in [0, 0.05) is 0 Å². The van der Waals surface area contributed by atoms with Gasteiger partial charge in [0.05, 0.1) is 0 Å². The standard InChI is InChI=1S/2Cs.4Nb.11O/q2*+1;4*+5;11*-2. The van der Waals surface area contributed by atoms with Gasteiger partial charge in [-0.2, -0.15) is 0 Å². The largest absolute Gasteiger partial charge is 5.00 e. The Bertz CT molecular complexity index is 21.4. The van der Waals surface area contributed by atoms with Crippen molar-refractivity contribution in [2.75, 3.05) is 0 Å². The van der Waals surface area contributed by atoms with Crippen LogP contribution in [0.3, 0.4) is 0 Å².